The molecule has 0 N–H and O–H groups in total. The van der Waals surface area contributed by atoms with Crippen molar-refractivity contribution in [1.82, 2.24) is 15.0 Å². The second-order valence-electron chi connectivity index (χ2n) is 8.59. The van der Waals surface area contributed by atoms with Crippen LogP contribution in [0.4, 0.5) is 5.69 Å². The number of Topliss-reactive ketones (excluding diaryl/α,β-unsaturated/α-hetero) is 1. The topological polar surface area (TPSA) is 117 Å². The van der Waals surface area contributed by atoms with E-state index in [1.54, 1.807) is 29.1 Å². The molecule has 0 aliphatic carbocycles. The highest BCUT2D eigenvalue weighted by Crippen LogP contribution is 2.29. The summed E-state index contributed by atoms with van der Waals surface area (Å²) in [5.74, 6) is -0.445. The van der Waals surface area contributed by atoms with Gasteiger partial charge in [0, 0.05) is 24.1 Å². The van der Waals surface area contributed by atoms with E-state index in [1.807, 2.05) is 32.0 Å². The van der Waals surface area contributed by atoms with E-state index in [0.29, 0.717) is 48.0 Å². The summed E-state index contributed by atoms with van der Waals surface area (Å²) in [6, 6.07) is 12.2. The second-order valence-corrected chi connectivity index (χ2v) is 8.59. The molecule has 10 heteroatoms. The van der Waals surface area contributed by atoms with Crippen molar-refractivity contribution in [2.45, 2.75) is 27.0 Å². The Morgan fingerprint density at radius 2 is 1.81 bits per heavy atom. The fraction of sp³-hybridized carbons (Fsp3) is 0.269. The predicted octanol–water partition coefficient (Wildman–Crippen LogP) is 2.83. The number of hydrogen-bond donors (Lipinski definition) is 0. The monoisotopic (exact) mass is 488 g/mol. The van der Waals surface area contributed by atoms with Gasteiger partial charge in [0.05, 0.1) is 37.2 Å². The molecule has 1 aliphatic heterocycles. The lowest BCUT2D eigenvalue weighted by Crippen LogP contribution is -2.33. The number of rotatable bonds is 9. The van der Waals surface area contributed by atoms with E-state index in [2.05, 4.69) is 10.3 Å². The van der Waals surface area contributed by atoms with Gasteiger partial charge in [0.2, 0.25) is 0 Å². The highest BCUT2D eigenvalue weighted by Gasteiger charge is 2.35. The Hall–Kier alpha value is -4.31. The number of hydrogen-bond acceptors (Lipinski definition) is 8. The van der Waals surface area contributed by atoms with Crippen LogP contribution in [0.5, 0.6) is 5.75 Å². The van der Waals surface area contributed by atoms with Gasteiger partial charge in [-0.05, 0) is 43.7 Å². The first kappa shape index (κ1) is 23.4. The zero-order chi connectivity index (χ0) is 25.2. The summed E-state index contributed by atoms with van der Waals surface area (Å²) in [5, 5.41) is 9.03. The van der Waals surface area contributed by atoms with Crippen LogP contribution >= 0.6 is 0 Å². The maximum absolute atomic E-state index is 12.3. The molecule has 2 aromatic heterocycles. The van der Waals surface area contributed by atoms with Crippen LogP contribution in [0.2, 0.25) is 0 Å². The fourth-order valence-corrected chi connectivity index (χ4v) is 4.12. The molecule has 1 amide bonds. The Labute approximate surface area is 206 Å². The van der Waals surface area contributed by atoms with Gasteiger partial charge in [-0.1, -0.05) is 16.8 Å². The smallest absolute Gasteiger partial charge is 0.336 e. The SMILES string of the molecule is Cc1ccc2c(c1)C(=O)C(=O)N2CCOCCn1cc(COc2ccc3c(C)cc(=O)oc3c2)nn1. The number of ketones is 1. The number of benzene rings is 2. The minimum Gasteiger partial charge on any atom is -0.487 e. The molecule has 0 fully saturated rings. The fourth-order valence-electron chi connectivity index (χ4n) is 4.12. The average molecular weight is 489 g/mol. The molecule has 0 bridgehead atoms. The van der Waals surface area contributed by atoms with Gasteiger partial charge in [0.25, 0.3) is 11.7 Å². The summed E-state index contributed by atoms with van der Waals surface area (Å²) in [6.45, 7) is 5.35. The summed E-state index contributed by atoms with van der Waals surface area (Å²) in [5.41, 5.74) is 3.56. The Morgan fingerprint density at radius 1 is 0.972 bits per heavy atom. The lowest BCUT2D eigenvalue weighted by atomic mass is 10.1. The van der Waals surface area contributed by atoms with Gasteiger partial charge in [-0.3, -0.25) is 9.59 Å². The van der Waals surface area contributed by atoms with Crippen LogP contribution in [0.15, 0.2) is 57.9 Å². The number of amides is 1. The first-order chi connectivity index (χ1) is 17.4. The number of anilines is 1. The van der Waals surface area contributed by atoms with E-state index in [0.717, 1.165) is 16.5 Å². The van der Waals surface area contributed by atoms with Crippen LogP contribution in [0.3, 0.4) is 0 Å². The number of carbonyl (C=O) groups excluding carboxylic acids is 2. The first-order valence-electron chi connectivity index (χ1n) is 11.5. The van der Waals surface area contributed by atoms with Crippen molar-refractivity contribution in [2.24, 2.45) is 0 Å². The van der Waals surface area contributed by atoms with Crippen LogP contribution < -0.4 is 15.3 Å². The highest BCUT2D eigenvalue weighted by molar-refractivity contribution is 6.52. The maximum Gasteiger partial charge on any atom is 0.336 e. The minimum atomic E-state index is -0.524. The van der Waals surface area contributed by atoms with Gasteiger partial charge in [-0.2, -0.15) is 0 Å². The number of ether oxygens (including phenoxy) is 2. The van der Waals surface area contributed by atoms with Crippen molar-refractivity contribution >= 4 is 28.3 Å². The van der Waals surface area contributed by atoms with Crippen molar-refractivity contribution in [3.63, 3.8) is 0 Å². The van der Waals surface area contributed by atoms with Gasteiger partial charge in [0.15, 0.2) is 0 Å². The quantitative estimate of drug-likeness (QED) is 0.201. The van der Waals surface area contributed by atoms with Crippen LogP contribution in [-0.4, -0.2) is 46.4 Å². The molecule has 10 nitrogen and oxygen atoms in total. The molecule has 0 unspecified atom stereocenters. The minimum absolute atomic E-state index is 0.201. The molecule has 0 radical (unpaired) electrons. The van der Waals surface area contributed by atoms with Gasteiger partial charge < -0.3 is 18.8 Å². The lowest BCUT2D eigenvalue weighted by molar-refractivity contribution is -0.114. The van der Waals surface area contributed by atoms with Crippen LogP contribution in [0, 0.1) is 13.8 Å². The molecule has 36 heavy (non-hydrogen) atoms. The highest BCUT2D eigenvalue weighted by atomic mass is 16.5. The molecule has 4 aromatic rings. The zero-order valence-electron chi connectivity index (χ0n) is 19.9. The molecular formula is C26H24N4O6. The van der Waals surface area contributed by atoms with E-state index < -0.39 is 17.3 Å². The van der Waals surface area contributed by atoms with Crippen LogP contribution in [-0.2, 0) is 22.7 Å². The predicted molar refractivity (Wildman–Crippen MR) is 130 cm³/mol. The molecule has 3 heterocycles. The third-order valence-electron chi connectivity index (χ3n) is 5.95. The Morgan fingerprint density at radius 3 is 2.67 bits per heavy atom. The summed E-state index contributed by atoms with van der Waals surface area (Å²) in [7, 11) is 0. The van der Waals surface area contributed by atoms with E-state index in [9.17, 15) is 14.4 Å². The summed E-state index contributed by atoms with van der Waals surface area (Å²) < 4.78 is 18.3. The van der Waals surface area contributed by atoms with E-state index in [4.69, 9.17) is 13.9 Å². The van der Waals surface area contributed by atoms with Crippen LogP contribution in [0.1, 0.15) is 27.2 Å². The molecule has 2 aromatic carbocycles. The number of nitrogens with zero attached hydrogens (tertiary/aromatic N) is 4. The number of aromatic nitrogens is 3. The van der Waals surface area contributed by atoms with Crippen molar-refractivity contribution in [3.05, 3.63) is 81.5 Å². The molecule has 0 spiro atoms. The average Bonchev–Trinajstić information content (AvgIpc) is 3.40. The third kappa shape index (κ3) is 4.76. The summed E-state index contributed by atoms with van der Waals surface area (Å²) >= 11 is 0. The van der Waals surface area contributed by atoms with Crippen LogP contribution in [0.25, 0.3) is 11.0 Å². The Balaban J connectivity index is 1.09. The van der Waals surface area contributed by atoms with E-state index in [1.165, 1.54) is 11.0 Å². The molecule has 184 valence electrons. The molecule has 0 saturated carbocycles. The molecular weight excluding hydrogens is 464 g/mol. The van der Waals surface area contributed by atoms with E-state index in [-0.39, 0.29) is 13.2 Å². The zero-order valence-corrected chi connectivity index (χ0v) is 19.9. The number of fused-ring (bicyclic) bond motifs is 2. The number of carbonyl (C=O) groups is 2. The molecule has 5 rings (SSSR count). The summed E-state index contributed by atoms with van der Waals surface area (Å²) in [6.07, 6.45) is 1.76. The van der Waals surface area contributed by atoms with Crippen molar-refractivity contribution < 1.29 is 23.5 Å². The maximum atomic E-state index is 12.3. The van der Waals surface area contributed by atoms with Crippen molar-refractivity contribution in [3.8, 4) is 5.75 Å². The van der Waals surface area contributed by atoms with Gasteiger partial charge in [-0.25, -0.2) is 9.48 Å². The Bertz CT molecular complexity index is 1520. The van der Waals surface area contributed by atoms with E-state index >= 15 is 0 Å². The Kier molecular flexibility index (Phi) is 6.34. The molecule has 0 saturated heterocycles. The lowest BCUT2D eigenvalue weighted by Gasteiger charge is -2.16. The van der Waals surface area contributed by atoms with Gasteiger partial charge >= 0.3 is 5.63 Å². The van der Waals surface area contributed by atoms with Crippen molar-refractivity contribution in [2.75, 3.05) is 24.7 Å². The largest absolute Gasteiger partial charge is 0.487 e. The normalized spacial score (nSPS) is 13.0. The number of aryl methyl sites for hydroxylation is 2. The molecule has 1 aliphatic rings. The van der Waals surface area contributed by atoms with Gasteiger partial charge in [-0.15, -0.1) is 5.10 Å². The van der Waals surface area contributed by atoms with Crippen molar-refractivity contribution in [1.29, 1.82) is 0 Å². The summed E-state index contributed by atoms with van der Waals surface area (Å²) in [4.78, 5) is 37.5. The third-order valence-corrected chi connectivity index (χ3v) is 5.95. The van der Waals surface area contributed by atoms with Gasteiger partial charge in [0.1, 0.15) is 23.6 Å². The second kappa shape index (κ2) is 9.74. The molecule has 0 atom stereocenters. The standard InChI is InChI=1S/C26H24N4O6/c1-16-3-6-22-21(11-16)25(32)26(33)30(22)8-10-34-9-7-29-14-18(27-28-29)15-35-19-4-5-20-17(2)12-24(31)36-23(20)13-19/h3-6,11-14H,7-10,15H2,1-2H3. The first-order valence-corrected chi connectivity index (χ1v) is 11.5.